The van der Waals surface area contributed by atoms with Crippen molar-refractivity contribution in [2.75, 3.05) is 6.61 Å². The molecule has 0 aromatic heterocycles. The monoisotopic (exact) mass is 235 g/mol. The molecule has 18 heavy (non-hydrogen) atoms. The number of hydrogen-bond acceptors (Lipinski definition) is 2. The molecule has 0 spiro atoms. The van der Waals surface area contributed by atoms with Crippen LogP contribution < -0.4 is 0 Å². The average Bonchev–Trinajstić information content (AvgIpc) is 2.46. The second kappa shape index (κ2) is 5.81. The van der Waals surface area contributed by atoms with Gasteiger partial charge in [-0.05, 0) is 22.3 Å². The van der Waals surface area contributed by atoms with Crippen LogP contribution in [0.3, 0.4) is 0 Å². The molecule has 2 aromatic rings. The number of hydrogen-bond donors (Lipinski definition) is 1. The van der Waals surface area contributed by atoms with Crippen molar-refractivity contribution in [1.29, 1.82) is 5.26 Å². The molecular formula is C16H13NO. The molecule has 0 radical (unpaired) electrons. The Morgan fingerprint density at radius 1 is 1.00 bits per heavy atom. The minimum absolute atomic E-state index is 0.127. The highest BCUT2D eigenvalue weighted by molar-refractivity contribution is 5.72. The lowest BCUT2D eigenvalue weighted by Gasteiger charge is -2.05. The fourth-order valence-electron chi connectivity index (χ4n) is 1.81. The van der Waals surface area contributed by atoms with Crippen molar-refractivity contribution < 1.29 is 5.11 Å². The first-order valence-electron chi connectivity index (χ1n) is 5.70. The topological polar surface area (TPSA) is 44.0 Å². The molecule has 0 aliphatic carbocycles. The molecule has 0 atom stereocenters. The summed E-state index contributed by atoms with van der Waals surface area (Å²) in [5, 5.41) is 17.8. The molecule has 0 saturated heterocycles. The summed E-state index contributed by atoms with van der Waals surface area (Å²) < 4.78 is 0. The zero-order chi connectivity index (χ0) is 12.8. The predicted octanol–water partition coefficient (Wildman–Crippen LogP) is 3.25. The number of nitriles is 1. The van der Waals surface area contributed by atoms with Crippen molar-refractivity contribution in [1.82, 2.24) is 0 Å². The molecule has 2 aromatic carbocycles. The van der Waals surface area contributed by atoms with E-state index in [1.807, 2.05) is 60.7 Å². The standard InChI is InChI=1S/C16H13NO/c17-11-10-16(12-18)15-8-6-14(7-9-15)13-4-2-1-3-5-13/h1-10,18H,12H2/b16-10-. The van der Waals surface area contributed by atoms with Crippen LogP contribution in [0.2, 0.25) is 0 Å². The summed E-state index contributed by atoms with van der Waals surface area (Å²) in [5.41, 5.74) is 3.78. The van der Waals surface area contributed by atoms with Crippen molar-refractivity contribution in [3.8, 4) is 17.2 Å². The number of aliphatic hydroxyl groups excluding tert-OH is 1. The van der Waals surface area contributed by atoms with E-state index in [1.54, 1.807) is 0 Å². The van der Waals surface area contributed by atoms with Crippen LogP contribution in [-0.2, 0) is 0 Å². The van der Waals surface area contributed by atoms with Crippen molar-refractivity contribution in [2.45, 2.75) is 0 Å². The summed E-state index contributed by atoms with van der Waals surface area (Å²) in [6.07, 6.45) is 1.37. The van der Waals surface area contributed by atoms with Crippen LogP contribution in [0.15, 0.2) is 60.7 Å². The van der Waals surface area contributed by atoms with Crippen molar-refractivity contribution in [3.05, 3.63) is 66.2 Å². The fourth-order valence-corrected chi connectivity index (χ4v) is 1.81. The van der Waals surface area contributed by atoms with Gasteiger partial charge in [0.1, 0.15) is 0 Å². The summed E-state index contributed by atoms with van der Waals surface area (Å²) in [4.78, 5) is 0. The third kappa shape index (κ3) is 2.65. The molecule has 0 amide bonds. The van der Waals surface area contributed by atoms with Gasteiger partial charge < -0.3 is 5.11 Å². The molecule has 0 heterocycles. The highest BCUT2D eigenvalue weighted by Gasteiger charge is 2.01. The number of allylic oxidation sites excluding steroid dienone is 1. The second-order valence-corrected chi connectivity index (χ2v) is 3.90. The highest BCUT2D eigenvalue weighted by Crippen LogP contribution is 2.22. The Hall–Kier alpha value is -2.37. The summed E-state index contributed by atoms with van der Waals surface area (Å²) >= 11 is 0. The third-order valence-corrected chi connectivity index (χ3v) is 2.77. The molecule has 0 unspecified atom stereocenters. The van der Waals surface area contributed by atoms with E-state index in [9.17, 15) is 5.11 Å². The maximum Gasteiger partial charge on any atom is 0.0916 e. The Kier molecular flexibility index (Phi) is 3.90. The second-order valence-electron chi connectivity index (χ2n) is 3.90. The van der Waals surface area contributed by atoms with Gasteiger partial charge in [-0.2, -0.15) is 5.26 Å². The summed E-state index contributed by atoms with van der Waals surface area (Å²) in [6.45, 7) is -0.127. The molecule has 2 rings (SSSR count). The van der Waals surface area contributed by atoms with E-state index < -0.39 is 0 Å². The first-order valence-corrected chi connectivity index (χ1v) is 5.70. The number of nitrogens with zero attached hydrogens (tertiary/aromatic N) is 1. The van der Waals surface area contributed by atoms with Gasteiger partial charge in [0.2, 0.25) is 0 Å². The molecule has 0 aliphatic rings. The van der Waals surface area contributed by atoms with Gasteiger partial charge >= 0.3 is 0 Å². The Bertz CT molecular complexity index is 577. The molecule has 0 saturated carbocycles. The molecule has 0 aliphatic heterocycles. The Morgan fingerprint density at radius 3 is 2.17 bits per heavy atom. The van der Waals surface area contributed by atoms with Gasteiger partial charge in [0.05, 0.1) is 12.7 Å². The Balaban J connectivity index is 2.32. The lowest BCUT2D eigenvalue weighted by Crippen LogP contribution is -1.90. The first-order chi connectivity index (χ1) is 8.85. The molecule has 1 N–H and O–H groups in total. The third-order valence-electron chi connectivity index (χ3n) is 2.77. The Labute approximate surface area is 106 Å². The molecule has 0 bridgehead atoms. The SMILES string of the molecule is N#C/C=C(/CO)c1ccc(-c2ccccc2)cc1. The molecular weight excluding hydrogens is 222 g/mol. The normalized spacial score (nSPS) is 11.0. The van der Waals surface area contributed by atoms with Crippen molar-refractivity contribution >= 4 is 5.57 Å². The van der Waals surface area contributed by atoms with Crippen molar-refractivity contribution in [3.63, 3.8) is 0 Å². The smallest absolute Gasteiger partial charge is 0.0916 e. The van der Waals surface area contributed by atoms with E-state index in [1.165, 1.54) is 6.08 Å². The van der Waals surface area contributed by atoms with Gasteiger partial charge in [-0.1, -0.05) is 54.6 Å². The van der Waals surface area contributed by atoms with Gasteiger partial charge in [0.25, 0.3) is 0 Å². The van der Waals surface area contributed by atoms with Gasteiger partial charge in [-0.15, -0.1) is 0 Å². The largest absolute Gasteiger partial charge is 0.392 e. The summed E-state index contributed by atoms with van der Waals surface area (Å²) in [6, 6.07) is 19.8. The minimum atomic E-state index is -0.127. The van der Waals surface area contributed by atoms with E-state index in [-0.39, 0.29) is 6.61 Å². The van der Waals surface area contributed by atoms with E-state index >= 15 is 0 Å². The average molecular weight is 235 g/mol. The van der Waals surface area contributed by atoms with Crippen LogP contribution in [0.1, 0.15) is 5.56 Å². The maximum atomic E-state index is 9.18. The van der Waals surface area contributed by atoms with Crippen LogP contribution in [0.4, 0.5) is 0 Å². The minimum Gasteiger partial charge on any atom is -0.392 e. The van der Waals surface area contributed by atoms with E-state index in [0.29, 0.717) is 5.57 Å². The van der Waals surface area contributed by atoms with Crippen LogP contribution in [-0.4, -0.2) is 11.7 Å². The lowest BCUT2D eigenvalue weighted by molar-refractivity contribution is 0.350. The molecule has 88 valence electrons. The van der Waals surface area contributed by atoms with Gasteiger partial charge in [0, 0.05) is 6.08 Å². The molecule has 2 heteroatoms. The number of benzene rings is 2. The first kappa shape index (κ1) is 12.1. The van der Waals surface area contributed by atoms with Crippen LogP contribution in [0, 0.1) is 11.3 Å². The molecule has 2 nitrogen and oxygen atoms in total. The van der Waals surface area contributed by atoms with Gasteiger partial charge in [0.15, 0.2) is 0 Å². The van der Waals surface area contributed by atoms with Gasteiger partial charge in [-0.25, -0.2) is 0 Å². The molecule has 0 fully saturated rings. The van der Waals surface area contributed by atoms with Crippen molar-refractivity contribution in [2.24, 2.45) is 0 Å². The van der Waals surface area contributed by atoms with Crippen LogP contribution >= 0.6 is 0 Å². The van der Waals surface area contributed by atoms with E-state index in [0.717, 1.165) is 16.7 Å². The summed E-state index contributed by atoms with van der Waals surface area (Å²) in [7, 11) is 0. The predicted molar refractivity (Wildman–Crippen MR) is 72.6 cm³/mol. The van der Waals surface area contributed by atoms with Gasteiger partial charge in [-0.3, -0.25) is 0 Å². The Morgan fingerprint density at radius 2 is 1.61 bits per heavy atom. The zero-order valence-corrected chi connectivity index (χ0v) is 9.88. The van der Waals surface area contributed by atoms with Crippen LogP contribution in [0.25, 0.3) is 16.7 Å². The van der Waals surface area contributed by atoms with E-state index in [4.69, 9.17) is 5.26 Å². The van der Waals surface area contributed by atoms with Crippen LogP contribution in [0.5, 0.6) is 0 Å². The quantitative estimate of drug-likeness (QED) is 0.830. The van der Waals surface area contributed by atoms with E-state index in [2.05, 4.69) is 0 Å². The maximum absolute atomic E-state index is 9.18. The number of rotatable bonds is 3. The lowest BCUT2D eigenvalue weighted by atomic mass is 10.0. The highest BCUT2D eigenvalue weighted by atomic mass is 16.3. The fraction of sp³-hybridized carbons (Fsp3) is 0.0625. The summed E-state index contributed by atoms with van der Waals surface area (Å²) in [5.74, 6) is 0. The number of aliphatic hydroxyl groups is 1. The zero-order valence-electron chi connectivity index (χ0n) is 9.88.